The van der Waals surface area contributed by atoms with Crippen LogP contribution in [0.15, 0.2) is 34.7 Å². The zero-order valence-corrected chi connectivity index (χ0v) is 12.3. The summed E-state index contributed by atoms with van der Waals surface area (Å²) in [5.41, 5.74) is 1.02. The summed E-state index contributed by atoms with van der Waals surface area (Å²) in [6, 6.07) is 8.82. The molecule has 0 radical (unpaired) electrons. The number of nitrogens with zero attached hydrogens (tertiary/aromatic N) is 1. The molecule has 0 saturated heterocycles. The zero-order chi connectivity index (χ0) is 13.6. The number of hydrogen-bond acceptors (Lipinski definition) is 2. The van der Waals surface area contributed by atoms with Gasteiger partial charge in [0.25, 0.3) is 0 Å². The van der Waals surface area contributed by atoms with E-state index < -0.39 is 0 Å². The molecular formula is C13H5Cl4NO. The fourth-order valence-corrected chi connectivity index (χ4v) is 2.57. The Labute approximate surface area is 128 Å². The van der Waals surface area contributed by atoms with E-state index in [-0.39, 0.29) is 5.15 Å². The Balaban J connectivity index is 2.25. The smallest absolute Gasteiger partial charge is 0.155 e. The monoisotopic (exact) mass is 331 g/mol. The molecule has 2 aromatic heterocycles. The molecule has 0 amide bonds. The van der Waals surface area contributed by atoms with Crippen molar-refractivity contribution in [3.63, 3.8) is 0 Å². The third-order valence-electron chi connectivity index (χ3n) is 2.62. The van der Waals surface area contributed by atoms with E-state index in [0.717, 1.165) is 5.39 Å². The minimum atomic E-state index is 0.174. The summed E-state index contributed by atoms with van der Waals surface area (Å²) < 4.78 is 5.68. The summed E-state index contributed by atoms with van der Waals surface area (Å²) in [6.45, 7) is 0. The molecule has 96 valence electrons. The lowest BCUT2D eigenvalue weighted by Gasteiger charge is -2.02. The van der Waals surface area contributed by atoms with Crippen LogP contribution < -0.4 is 0 Å². The van der Waals surface area contributed by atoms with Gasteiger partial charge in [-0.15, -0.1) is 0 Å². The van der Waals surface area contributed by atoms with Crippen molar-refractivity contribution in [3.8, 4) is 11.5 Å². The molecule has 3 rings (SSSR count). The van der Waals surface area contributed by atoms with E-state index in [1.807, 2.05) is 12.1 Å². The Kier molecular flexibility index (Phi) is 3.35. The highest BCUT2D eigenvalue weighted by molar-refractivity contribution is 6.43. The number of benzene rings is 1. The lowest BCUT2D eigenvalue weighted by atomic mass is 10.2. The first-order valence-electron chi connectivity index (χ1n) is 5.26. The number of rotatable bonds is 1. The Morgan fingerprint density at radius 2 is 1.68 bits per heavy atom. The lowest BCUT2D eigenvalue weighted by molar-refractivity contribution is 0.629. The highest BCUT2D eigenvalue weighted by Crippen LogP contribution is 2.36. The molecule has 1 aromatic carbocycles. The lowest BCUT2D eigenvalue weighted by Crippen LogP contribution is -1.85. The van der Waals surface area contributed by atoms with Crippen molar-refractivity contribution in [2.24, 2.45) is 0 Å². The maximum absolute atomic E-state index is 6.10. The second kappa shape index (κ2) is 4.88. The molecule has 6 heteroatoms. The number of hydrogen-bond donors (Lipinski definition) is 0. The highest BCUT2D eigenvalue weighted by Gasteiger charge is 2.15. The van der Waals surface area contributed by atoms with Crippen molar-refractivity contribution in [1.29, 1.82) is 0 Å². The van der Waals surface area contributed by atoms with Gasteiger partial charge in [0.2, 0.25) is 0 Å². The molecule has 0 atom stereocenters. The molecule has 0 spiro atoms. The van der Waals surface area contributed by atoms with Gasteiger partial charge < -0.3 is 4.42 Å². The first kappa shape index (κ1) is 13.1. The number of para-hydroxylation sites is 1. The van der Waals surface area contributed by atoms with Crippen LogP contribution in [0.25, 0.3) is 22.4 Å². The van der Waals surface area contributed by atoms with E-state index in [2.05, 4.69) is 4.98 Å². The van der Waals surface area contributed by atoms with Crippen molar-refractivity contribution < 1.29 is 4.42 Å². The molecule has 0 aliphatic rings. The molecule has 3 aromatic rings. The summed E-state index contributed by atoms with van der Waals surface area (Å²) in [7, 11) is 0. The average Bonchev–Trinajstić information content (AvgIpc) is 2.79. The Hall–Kier alpha value is -0.930. The van der Waals surface area contributed by atoms with Crippen molar-refractivity contribution >= 4 is 57.4 Å². The molecule has 0 fully saturated rings. The Morgan fingerprint density at radius 3 is 2.42 bits per heavy atom. The van der Waals surface area contributed by atoms with Gasteiger partial charge in [0.15, 0.2) is 11.3 Å². The normalized spacial score (nSPS) is 11.2. The summed E-state index contributed by atoms with van der Waals surface area (Å²) >= 11 is 23.9. The largest absolute Gasteiger partial charge is 0.453 e. The third-order valence-corrected chi connectivity index (χ3v) is 3.87. The molecule has 0 bridgehead atoms. The predicted octanol–water partition coefficient (Wildman–Crippen LogP) is 6.11. The topological polar surface area (TPSA) is 26.0 Å². The van der Waals surface area contributed by atoms with E-state index in [4.69, 9.17) is 50.8 Å². The first-order chi connectivity index (χ1) is 9.06. The number of aromatic nitrogens is 1. The fraction of sp³-hybridized carbons (Fsp3) is 0. The van der Waals surface area contributed by atoms with Crippen LogP contribution in [0.2, 0.25) is 20.2 Å². The second-order valence-electron chi connectivity index (χ2n) is 3.86. The van der Waals surface area contributed by atoms with Gasteiger partial charge in [-0.3, -0.25) is 0 Å². The molecular weight excluding hydrogens is 328 g/mol. The third kappa shape index (κ3) is 2.30. The Morgan fingerprint density at radius 1 is 0.895 bits per heavy atom. The van der Waals surface area contributed by atoms with Crippen LogP contribution in [0.5, 0.6) is 0 Å². The maximum atomic E-state index is 6.10. The molecule has 0 saturated carbocycles. The van der Waals surface area contributed by atoms with E-state index in [1.54, 1.807) is 12.1 Å². The van der Waals surface area contributed by atoms with Crippen LogP contribution in [0, 0.1) is 0 Å². The summed E-state index contributed by atoms with van der Waals surface area (Å²) in [5, 5.41) is 2.23. The van der Waals surface area contributed by atoms with E-state index in [0.29, 0.717) is 32.1 Å². The SMILES string of the molecule is Clc1cc(Cl)c(-c2cc3cccc(Cl)c3o2)nc1Cl. The fourth-order valence-electron chi connectivity index (χ4n) is 1.76. The quantitative estimate of drug-likeness (QED) is 0.502. The van der Waals surface area contributed by atoms with Gasteiger partial charge in [-0.1, -0.05) is 58.5 Å². The van der Waals surface area contributed by atoms with Gasteiger partial charge in [-0.05, 0) is 18.2 Å². The number of furan rings is 1. The standard InChI is InChI=1S/C13H5Cl4NO/c14-7-3-1-2-6-4-10(19-12(6)7)11-8(15)5-9(16)13(17)18-11/h1-5H. The van der Waals surface area contributed by atoms with Gasteiger partial charge in [0.05, 0.1) is 15.1 Å². The number of halogens is 4. The number of fused-ring (bicyclic) bond motifs is 1. The van der Waals surface area contributed by atoms with Gasteiger partial charge in [-0.2, -0.15) is 0 Å². The van der Waals surface area contributed by atoms with E-state index >= 15 is 0 Å². The zero-order valence-electron chi connectivity index (χ0n) is 9.25. The Bertz CT molecular complexity index is 782. The van der Waals surface area contributed by atoms with Crippen LogP contribution >= 0.6 is 46.4 Å². The maximum Gasteiger partial charge on any atom is 0.155 e. The predicted molar refractivity (Wildman–Crippen MR) is 79.5 cm³/mol. The second-order valence-corrected chi connectivity index (χ2v) is 5.44. The highest BCUT2D eigenvalue weighted by atomic mass is 35.5. The summed E-state index contributed by atoms with van der Waals surface area (Å²) in [5.74, 6) is 0.492. The van der Waals surface area contributed by atoms with Crippen LogP contribution in [0.1, 0.15) is 0 Å². The van der Waals surface area contributed by atoms with Gasteiger partial charge in [0, 0.05) is 5.39 Å². The van der Waals surface area contributed by atoms with Crippen LogP contribution in [0.4, 0.5) is 0 Å². The van der Waals surface area contributed by atoms with Crippen molar-refractivity contribution in [3.05, 3.63) is 50.6 Å². The number of pyridine rings is 1. The molecule has 0 N–H and O–H groups in total. The van der Waals surface area contributed by atoms with Gasteiger partial charge >= 0.3 is 0 Å². The molecule has 0 aliphatic carbocycles. The molecule has 0 aliphatic heterocycles. The first-order valence-corrected chi connectivity index (χ1v) is 6.77. The minimum Gasteiger partial charge on any atom is -0.453 e. The molecule has 2 nitrogen and oxygen atoms in total. The van der Waals surface area contributed by atoms with Crippen molar-refractivity contribution in [2.45, 2.75) is 0 Å². The molecule has 2 heterocycles. The molecule has 0 unspecified atom stereocenters. The van der Waals surface area contributed by atoms with Crippen LogP contribution in [-0.4, -0.2) is 4.98 Å². The average molecular weight is 333 g/mol. The minimum absolute atomic E-state index is 0.174. The van der Waals surface area contributed by atoms with E-state index in [9.17, 15) is 0 Å². The summed E-state index contributed by atoms with van der Waals surface area (Å²) in [6.07, 6.45) is 0. The van der Waals surface area contributed by atoms with E-state index in [1.165, 1.54) is 6.07 Å². The van der Waals surface area contributed by atoms with Gasteiger partial charge in [0.1, 0.15) is 10.8 Å². The van der Waals surface area contributed by atoms with Crippen LogP contribution in [0.3, 0.4) is 0 Å². The van der Waals surface area contributed by atoms with Gasteiger partial charge in [-0.25, -0.2) is 4.98 Å². The van der Waals surface area contributed by atoms with Crippen molar-refractivity contribution in [1.82, 2.24) is 4.98 Å². The summed E-state index contributed by atoms with van der Waals surface area (Å²) in [4.78, 5) is 4.13. The van der Waals surface area contributed by atoms with Crippen LogP contribution in [-0.2, 0) is 0 Å². The molecule has 19 heavy (non-hydrogen) atoms. The van der Waals surface area contributed by atoms with Crippen molar-refractivity contribution in [2.75, 3.05) is 0 Å².